The Kier molecular flexibility index (Phi) is 5.83. The summed E-state index contributed by atoms with van der Waals surface area (Å²) in [6.45, 7) is 1.31. The molecule has 0 saturated heterocycles. The third kappa shape index (κ3) is 4.90. The van der Waals surface area contributed by atoms with Gasteiger partial charge in [0.25, 0.3) is 5.91 Å². The van der Waals surface area contributed by atoms with Crippen LogP contribution >= 0.6 is 11.6 Å². The number of anilines is 3. The molecule has 2 N–H and O–H groups in total. The van der Waals surface area contributed by atoms with E-state index < -0.39 is 0 Å². The third-order valence-electron chi connectivity index (χ3n) is 4.03. The molecule has 0 atom stereocenters. The normalized spacial score (nSPS) is 13.2. The maximum Gasteiger partial charge on any atom is 0.323 e. The van der Waals surface area contributed by atoms with Crippen molar-refractivity contribution in [3.8, 4) is 5.75 Å². The van der Waals surface area contributed by atoms with Crippen LogP contribution in [0.2, 0.25) is 5.02 Å². The van der Waals surface area contributed by atoms with Gasteiger partial charge in [-0.3, -0.25) is 4.79 Å². The van der Waals surface area contributed by atoms with E-state index in [-0.39, 0.29) is 18.5 Å². The number of likely N-dealkylation sites (N-methyl/N-ethyl adjacent to an activating group) is 1. The monoisotopic (exact) mass is 388 g/mol. The number of amides is 3. The van der Waals surface area contributed by atoms with E-state index in [4.69, 9.17) is 16.3 Å². The molecular formula is C19H21ClN4O3. The van der Waals surface area contributed by atoms with E-state index >= 15 is 0 Å². The first-order valence-electron chi connectivity index (χ1n) is 8.48. The highest BCUT2D eigenvalue weighted by molar-refractivity contribution is 6.30. The fourth-order valence-electron chi connectivity index (χ4n) is 2.65. The summed E-state index contributed by atoms with van der Waals surface area (Å²) in [5.41, 5.74) is 1.91. The molecule has 0 spiro atoms. The van der Waals surface area contributed by atoms with Crippen molar-refractivity contribution in [1.29, 1.82) is 0 Å². The fraction of sp³-hybridized carbons (Fsp3) is 0.263. The summed E-state index contributed by atoms with van der Waals surface area (Å²) in [5, 5.41) is 6.08. The molecule has 0 unspecified atom stereocenters. The summed E-state index contributed by atoms with van der Waals surface area (Å²) in [6, 6.07) is 11.7. The lowest BCUT2D eigenvalue weighted by Crippen LogP contribution is -2.42. The van der Waals surface area contributed by atoms with Gasteiger partial charge in [0.05, 0.1) is 5.69 Å². The van der Waals surface area contributed by atoms with Crippen LogP contribution in [0.5, 0.6) is 5.75 Å². The van der Waals surface area contributed by atoms with Crippen molar-refractivity contribution in [2.75, 3.05) is 49.3 Å². The van der Waals surface area contributed by atoms with Gasteiger partial charge in [0.2, 0.25) is 0 Å². The minimum atomic E-state index is -0.381. The number of nitrogens with zero attached hydrogens (tertiary/aromatic N) is 2. The standard InChI is InChI=1S/C19H21ClN4O3/c1-23(2)9-10-24-16-8-7-15(11-17(16)27-12-18(24)25)22-19(26)21-14-5-3-13(20)4-6-14/h3-8,11H,9-10,12H2,1-2H3,(H2,21,22,26). The minimum absolute atomic E-state index is 0.0130. The summed E-state index contributed by atoms with van der Waals surface area (Å²) in [5.74, 6) is 0.489. The summed E-state index contributed by atoms with van der Waals surface area (Å²) in [7, 11) is 3.91. The van der Waals surface area contributed by atoms with Crippen LogP contribution in [0.15, 0.2) is 42.5 Å². The molecule has 7 nitrogen and oxygen atoms in total. The lowest BCUT2D eigenvalue weighted by atomic mass is 10.2. The number of fused-ring (bicyclic) bond motifs is 1. The molecule has 27 heavy (non-hydrogen) atoms. The summed E-state index contributed by atoms with van der Waals surface area (Å²) in [4.78, 5) is 28.0. The molecule has 0 aliphatic carbocycles. The number of urea groups is 1. The summed E-state index contributed by atoms with van der Waals surface area (Å²) >= 11 is 5.83. The molecule has 1 aliphatic heterocycles. The first kappa shape index (κ1) is 19.0. The molecule has 142 valence electrons. The van der Waals surface area contributed by atoms with Gasteiger partial charge in [-0.15, -0.1) is 0 Å². The van der Waals surface area contributed by atoms with Crippen LogP contribution < -0.4 is 20.3 Å². The van der Waals surface area contributed by atoms with Crippen LogP contribution in [0.25, 0.3) is 0 Å². The average molecular weight is 389 g/mol. The van der Waals surface area contributed by atoms with Gasteiger partial charge in [0.1, 0.15) is 5.75 Å². The molecule has 1 aliphatic rings. The van der Waals surface area contributed by atoms with Crippen molar-refractivity contribution in [3.05, 3.63) is 47.5 Å². The van der Waals surface area contributed by atoms with E-state index in [1.807, 2.05) is 19.0 Å². The van der Waals surface area contributed by atoms with Crippen LogP contribution in [0.4, 0.5) is 21.9 Å². The molecule has 0 radical (unpaired) electrons. The van der Waals surface area contributed by atoms with E-state index in [9.17, 15) is 9.59 Å². The molecule has 8 heteroatoms. The Morgan fingerprint density at radius 2 is 1.81 bits per heavy atom. The Morgan fingerprint density at radius 1 is 1.15 bits per heavy atom. The van der Waals surface area contributed by atoms with E-state index in [1.165, 1.54) is 0 Å². The maximum absolute atomic E-state index is 12.2. The second kappa shape index (κ2) is 8.28. The van der Waals surface area contributed by atoms with Gasteiger partial charge in [-0.25, -0.2) is 4.79 Å². The smallest absolute Gasteiger partial charge is 0.323 e. The molecule has 0 bridgehead atoms. The van der Waals surface area contributed by atoms with Gasteiger partial charge in [0.15, 0.2) is 6.61 Å². The van der Waals surface area contributed by atoms with E-state index in [0.29, 0.717) is 34.4 Å². The predicted octanol–water partition coefficient (Wildman–Crippen LogP) is 3.27. The molecule has 3 amide bonds. The van der Waals surface area contributed by atoms with E-state index in [1.54, 1.807) is 47.4 Å². The highest BCUT2D eigenvalue weighted by Crippen LogP contribution is 2.34. The highest BCUT2D eigenvalue weighted by atomic mass is 35.5. The Balaban J connectivity index is 1.69. The number of halogens is 1. The number of hydrogen-bond donors (Lipinski definition) is 2. The average Bonchev–Trinajstić information content (AvgIpc) is 2.62. The minimum Gasteiger partial charge on any atom is -0.481 e. The number of carbonyl (C=O) groups excluding carboxylic acids is 2. The number of hydrogen-bond acceptors (Lipinski definition) is 4. The van der Waals surface area contributed by atoms with Gasteiger partial charge < -0.3 is 25.2 Å². The first-order chi connectivity index (χ1) is 12.9. The molecule has 0 fully saturated rings. The second-order valence-electron chi connectivity index (χ2n) is 6.41. The Morgan fingerprint density at radius 3 is 2.52 bits per heavy atom. The molecule has 0 saturated carbocycles. The van der Waals surface area contributed by atoms with Gasteiger partial charge in [-0.1, -0.05) is 11.6 Å². The van der Waals surface area contributed by atoms with Crippen molar-refractivity contribution in [2.24, 2.45) is 0 Å². The molecule has 2 aromatic rings. The quantitative estimate of drug-likeness (QED) is 0.824. The van der Waals surface area contributed by atoms with Crippen LogP contribution in [-0.2, 0) is 4.79 Å². The van der Waals surface area contributed by atoms with Crippen molar-refractivity contribution >= 4 is 40.6 Å². The molecule has 3 rings (SSSR count). The van der Waals surface area contributed by atoms with Crippen LogP contribution in [0, 0.1) is 0 Å². The van der Waals surface area contributed by atoms with Crippen molar-refractivity contribution in [1.82, 2.24) is 4.90 Å². The number of benzene rings is 2. The van der Waals surface area contributed by atoms with Crippen molar-refractivity contribution in [2.45, 2.75) is 0 Å². The van der Waals surface area contributed by atoms with Gasteiger partial charge >= 0.3 is 6.03 Å². The third-order valence-corrected chi connectivity index (χ3v) is 4.29. The SMILES string of the molecule is CN(C)CCN1C(=O)COc2cc(NC(=O)Nc3ccc(Cl)cc3)ccc21. The van der Waals surface area contributed by atoms with Crippen LogP contribution in [-0.4, -0.2) is 50.6 Å². The lowest BCUT2D eigenvalue weighted by Gasteiger charge is -2.30. The highest BCUT2D eigenvalue weighted by Gasteiger charge is 2.25. The maximum atomic E-state index is 12.2. The zero-order valence-electron chi connectivity index (χ0n) is 15.2. The first-order valence-corrected chi connectivity index (χ1v) is 8.86. The van der Waals surface area contributed by atoms with Gasteiger partial charge in [0, 0.05) is 35.6 Å². The van der Waals surface area contributed by atoms with Crippen molar-refractivity contribution < 1.29 is 14.3 Å². The largest absolute Gasteiger partial charge is 0.481 e. The van der Waals surface area contributed by atoms with Crippen LogP contribution in [0.3, 0.4) is 0 Å². The zero-order valence-corrected chi connectivity index (χ0v) is 15.9. The number of rotatable bonds is 5. The molecule has 1 heterocycles. The zero-order chi connectivity index (χ0) is 19.4. The lowest BCUT2D eigenvalue weighted by molar-refractivity contribution is -0.121. The number of nitrogens with one attached hydrogen (secondary N) is 2. The number of ether oxygens (including phenoxy) is 1. The Hall–Kier alpha value is -2.77. The Labute approximate surface area is 162 Å². The van der Waals surface area contributed by atoms with Crippen LogP contribution in [0.1, 0.15) is 0 Å². The number of carbonyl (C=O) groups is 2. The topological polar surface area (TPSA) is 73.9 Å². The molecule has 2 aromatic carbocycles. The van der Waals surface area contributed by atoms with Gasteiger partial charge in [-0.05, 0) is 50.5 Å². The fourth-order valence-corrected chi connectivity index (χ4v) is 2.78. The van der Waals surface area contributed by atoms with Gasteiger partial charge in [-0.2, -0.15) is 0 Å². The molecule has 0 aromatic heterocycles. The Bertz CT molecular complexity index is 839. The predicted molar refractivity (Wildman–Crippen MR) is 107 cm³/mol. The summed E-state index contributed by atoms with van der Waals surface area (Å²) < 4.78 is 5.54. The summed E-state index contributed by atoms with van der Waals surface area (Å²) in [6.07, 6.45) is 0. The van der Waals surface area contributed by atoms with E-state index in [2.05, 4.69) is 10.6 Å². The molecular weight excluding hydrogens is 368 g/mol. The second-order valence-corrected chi connectivity index (χ2v) is 6.84. The van der Waals surface area contributed by atoms with Crippen molar-refractivity contribution in [3.63, 3.8) is 0 Å². The van der Waals surface area contributed by atoms with E-state index in [0.717, 1.165) is 6.54 Å².